The first-order valence-corrected chi connectivity index (χ1v) is 10.2. The number of nitrogens with zero attached hydrogens (tertiary/aromatic N) is 1. The van der Waals surface area contributed by atoms with E-state index < -0.39 is 0 Å². The van der Waals surface area contributed by atoms with E-state index in [1.54, 1.807) is 14.2 Å². The summed E-state index contributed by atoms with van der Waals surface area (Å²) in [6.07, 6.45) is 8.49. The van der Waals surface area contributed by atoms with E-state index in [2.05, 4.69) is 48.3 Å². The van der Waals surface area contributed by atoms with Crippen molar-refractivity contribution in [1.82, 2.24) is 4.90 Å². The molecule has 0 bridgehead atoms. The maximum atomic E-state index is 5.52. The van der Waals surface area contributed by atoms with E-state index in [1.165, 1.54) is 43.2 Å². The van der Waals surface area contributed by atoms with Crippen LogP contribution in [0, 0.1) is 0 Å². The predicted octanol–water partition coefficient (Wildman–Crippen LogP) is 5.12. The van der Waals surface area contributed by atoms with Crippen molar-refractivity contribution in [1.29, 1.82) is 0 Å². The van der Waals surface area contributed by atoms with Crippen LogP contribution in [0.5, 0.6) is 11.5 Å². The molecule has 0 aromatic heterocycles. The molecule has 1 fully saturated rings. The Morgan fingerprint density at radius 1 is 0.778 bits per heavy atom. The molecule has 0 unspecified atom stereocenters. The zero-order chi connectivity index (χ0) is 19.1. The van der Waals surface area contributed by atoms with E-state index in [0.717, 1.165) is 24.3 Å². The van der Waals surface area contributed by atoms with Gasteiger partial charge in [-0.25, -0.2) is 0 Å². The number of aryl methyl sites for hydroxylation is 2. The number of para-hydroxylation sites is 2. The van der Waals surface area contributed by atoms with Gasteiger partial charge in [0.2, 0.25) is 0 Å². The van der Waals surface area contributed by atoms with E-state index in [0.29, 0.717) is 12.1 Å². The SMILES string of the molecule is COc1ccccc1CC[C@H]1CCC[C@@H](CCc2ccccc2OC)N1C. The summed E-state index contributed by atoms with van der Waals surface area (Å²) in [6.45, 7) is 0. The number of ether oxygens (including phenoxy) is 2. The van der Waals surface area contributed by atoms with Crippen LogP contribution in [0.3, 0.4) is 0 Å². The Labute approximate surface area is 164 Å². The molecule has 1 aliphatic rings. The largest absolute Gasteiger partial charge is 0.496 e. The van der Waals surface area contributed by atoms with Gasteiger partial charge in [-0.15, -0.1) is 0 Å². The van der Waals surface area contributed by atoms with Crippen LogP contribution < -0.4 is 9.47 Å². The maximum Gasteiger partial charge on any atom is 0.122 e. The predicted molar refractivity (Wildman–Crippen MR) is 112 cm³/mol. The van der Waals surface area contributed by atoms with Crippen molar-refractivity contribution in [2.75, 3.05) is 21.3 Å². The van der Waals surface area contributed by atoms with Crippen LogP contribution in [0.1, 0.15) is 43.2 Å². The van der Waals surface area contributed by atoms with Crippen LogP contribution in [-0.2, 0) is 12.8 Å². The number of hydrogen-bond donors (Lipinski definition) is 0. The monoisotopic (exact) mass is 367 g/mol. The number of rotatable bonds is 8. The smallest absolute Gasteiger partial charge is 0.122 e. The van der Waals surface area contributed by atoms with Crippen LogP contribution >= 0.6 is 0 Å². The van der Waals surface area contributed by atoms with Crippen molar-refractivity contribution in [2.45, 2.75) is 57.0 Å². The van der Waals surface area contributed by atoms with Gasteiger partial charge >= 0.3 is 0 Å². The summed E-state index contributed by atoms with van der Waals surface area (Å²) in [5.41, 5.74) is 2.65. The molecular formula is C24H33NO2. The van der Waals surface area contributed by atoms with E-state index in [-0.39, 0.29) is 0 Å². The van der Waals surface area contributed by atoms with Crippen LogP contribution in [-0.4, -0.2) is 38.3 Å². The average Bonchev–Trinajstić information content (AvgIpc) is 2.72. The molecule has 1 saturated heterocycles. The summed E-state index contributed by atoms with van der Waals surface area (Å²) >= 11 is 0. The van der Waals surface area contributed by atoms with E-state index in [4.69, 9.17) is 9.47 Å². The van der Waals surface area contributed by atoms with Crippen LogP contribution in [0.2, 0.25) is 0 Å². The fourth-order valence-electron chi connectivity index (χ4n) is 4.45. The fourth-order valence-corrected chi connectivity index (χ4v) is 4.45. The second-order valence-electron chi connectivity index (χ2n) is 7.61. The Kier molecular flexibility index (Phi) is 7.17. The standard InChI is InChI=1S/C24H33NO2/c1-25-21(17-15-19-9-4-6-13-23(19)26-2)11-8-12-22(25)18-16-20-10-5-7-14-24(20)27-3/h4-7,9-10,13-14,21-22H,8,11-12,15-18H2,1-3H3/t21-,22+. The highest BCUT2D eigenvalue weighted by molar-refractivity contribution is 5.34. The van der Waals surface area contributed by atoms with Gasteiger partial charge in [-0.05, 0) is 68.8 Å². The second-order valence-corrected chi connectivity index (χ2v) is 7.61. The molecule has 0 radical (unpaired) electrons. The number of benzene rings is 2. The molecule has 3 rings (SSSR count). The summed E-state index contributed by atoms with van der Waals surface area (Å²) in [7, 11) is 5.85. The molecule has 3 nitrogen and oxygen atoms in total. The van der Waals surface area contributed by atoms with Gasteiger partial charge in [0.05, 0.1) is 14.2 Å². The van der Waals surface area contributed by atoms with Crippen molar-refractivity contribution < 1.29 is 9.47 Å². The lowest BCUT2D eigenvalue weighted by Crippen LogP contribution is -2.44. The van der Waals surface area contributed by atoms with Crippen LogP contribution in [0.25, 0.3) is 0 Å². The molecule has 0 saturated carbocycles. The van der Waals surface area contributed by atoms with Crippen molar-refractivity contribution in [3.8, 4) is 11.5 Å². The van der Waals surface area contributed by atoms with Crippen LogP contribution in [0.4, 0.5) is 0 Å². The van der Waals surface area contributed by atoms with E-state index in [1.807, 2.05) is 12.1 Å². The minimum absolute atomic E-state index is 0.659. The maximum absolute atomic E-state index is 5.52. The third-order valence-electron chi connectivity index (χ3n) is 6.11. The summed E-state index contributed by atoms with van der Waals surface area (Å²) in [4.78, 5) is 2.63. The molecule has 0 spiro atoms. The number of methoxy groups -OCH3 is 2. The molecular weight excluding hydrogens is 334 g/mol. The van der Waals surface area contributed by atoms with Gasteiger partial charge in [0, 0.05) is 12.1 Å². The minimum Gasteiger partial charge on any atom is -0.496 e. The highest BCUT2D eigenvalue weighted by Crippen LogP contribution is 2.29. The quantitative estimate of drug-likeness (QED) is 0.646. The molecule has 1 aliphatic heterocycles. The van der Waals surface area contributed by atoms with E-state index in [9.17, 15) is 0 Å². The molecule has 1 heterocycles. The highest BCUT2D eigenvalue weighted by atomic mass is 16.5. The number of hydrogen-bond acceptors (Lipinski definition) is 3. The first-order valence-electron chi connectivity index (χ1n) is 10.2. The number of piperidine rings is 1. The van der Waals surface area contributed by atoms with Gasteiger partial charge in [-0.1, -0.05) is 42.8 Å². The lowest BCUT2D eigenvalue weighted by Gasteiger charge is -2.40. The first kappa shape index (κ1) is 19.8. The van der Waals surface area contributed by atoms with Crippen LogP contribution in [0.15, 0.2) is 48.5 Å². The third-order valence-corrected chi connectivity index (χ3v) is 6.11. The van der Waals surface area contributed by atoms with Gasteiger partial charge in [0.25, 0.3) is 0 Å². The molecule has 2 aromatic carbocycles. The van der Waals surface area contributed by atoms with Gasteiger partial charge in [0.15, 0.2) is 0 Å². The van der Waals surface area contributed by atoms with Crippen molar-refractivity contribution >= 4 is 0 Å². The van der Waals surface area contributed by atoms with Gasteiger partial charge < -0.3 is 14.4 Å². The van der Waals surface area contributed by atoms with Crippen molar-refractivity contribution in [3.05, 3.63) is 59.7 Å². The zero-order valence-corrected chi connectivity index (χ0v) is 17.0. The summed E-state index contributed by atoms with van der Waals surface area (Å²) in [6, 6.07) is 18.1. The molecule has 0 N–H and O–H groups in total. The van der Waals surface area contributed by atoms with Gasteiger partial charge in [-0.2, -0.15) is 0 Å². The Hall–Kier alpha value is -2.00. The van der Waals surface area contributed by atoms with Gasteiger partial charge in [-0.3, -0.25) is 0 Å². The molecule has 3 heteroatoms. The Morgan fingerprint density at radius 2 is 1.22 bits per heavy atom. The summed E-state index contributed by atoms with van der Waals surface area (Å²) < 4.78 is 11.0. The molecule has 2 aromatic rings. The molecule has 0 amide bonds. The lowest BCUT2D eigenvalue weighted by atomic mass is 9.89. The van der Waals surface area contributed by atoms with Gasteiger partial charge in [0.1, 0.15) is 11.5 Å². The minimum atomic E-state index is 0.659. The van der Waals surface area contributed by atoms with Crippen molar-refractivity contribution in [3.63, 3.8) is 0 Å². The lowest BCUT2D eigenvalue weighted by molar-refractivity contribution is 0.102. The van der Waals surface area contributed by atoms with E-state index >= 15 is 0 Å². The third kappa shape index (κ3) is 5.04. The summed E-state index contributed by atoms with van der Waals surface area (Å²) in [5, 5.41) is 0. The molecule has 146 valence electrons. The first-order chi connectivity index (χ1) is 13.2. The zero-order valence-electron chi connectivity index (χ0n) is 17.0. The average molecular weight is 368 g/mol. The molecule has 27 heavy (non-hydrogen) atoms. The summed E-state index contributed by atoms with van der Waals surface area (Å²) in [5.74, 6) is 2.03. The highest BCUT2D eigenvalue weighted by Gasteiger charge is 2.27. The fraction of sp³-hybridized carbons (Fsp3) is 0.500. The Balaban J connectivity index is 1.56. The normalized spacial score (nSPS) is 20.4. The Bertz CT molecular complexity index is 656. The molecule has 0 aliphatic carbocycles. The topological polar surface area (TPSA) is 21.7 Å². The second kappa shape index (κ2) is 9.80. The Morgan fingerprint density at radius 3 is 1.67 bits per heavy atom. The number of likely N-dealkylation sites (tertiary alicyclic amines) is 1. The van der Waals surface area contributed by atoms with Crippen molar-refractivity contribution in [2.24, 2.45) is 0 Å². The molecule has 2 atom stereocenters.